The van der Waals surface area contributed by atoms with Gasteiger partial charge in [0.05, 0.1) is 36.6 Å². The maximum absolute atomic E-state index is 13.9. The van der Waals surface area contributed by atoms with E-state index in [9.17, 15) is 14.0 Å². The van der Waals surface area contributed by atoms with Crippen molar-refractivity contribution in [3.05, 3.63) is 65.1 Å². The molecular weight excluding hydrogens is 531 g/mol. The Balaban J connectivity index is 1.75. The van der Waals surface area contributed by atoms with Crippen molar-refractivity contribution in [2.75, 3.05) is 44.5 Å². The summed E-state index contributed by atoms with van der Waals surface area (Å²) in [5.41, 5.74) is 2.79. The van der Waals surface area contributed by atoms with Gasteiger partial charge >= 0.3 is 0 Å². The standard InChI is InChI=1S/C30H35FN4O4S/c1-30(2,3)28-26-27(19-8-13-22(38-4)23(16-19)39-5)40-18-25(37)34(17-24(36)33-14-6-7-15-33)29(26)35(32-28)21-11-9-20(31)10-12-21/h8-13,16,27H,6-7,14-15,17-18H2,1-5H3. The van der Waals surface area contributed by atoms with Gasteiger partial charge in [-0.05, 0) is 54.8 Å². The smallest absolute Gasteiger partial charge is 0.242 e. The summed E-state index contributed by atoms with van der Waals surface area (Å²) in [6, 6.07) is 11.8. The van der Waals surface area contributed by atoms with E-state index >= 15 is 0 Å². The highest BCUT2D eigenvalue weighted by Crippen LogP contribution is 2.49. The number of anilines is 1. The molecule has 0 radical (unpaired) electrons. The van der Waals surface area contributed by atoms with E-state index < -0.39 is 5.41 Å². The van der Waals surface area contributed by atoms with Gasteiger partial charge in [0.2, 0.25) is 11.8 Å². The molecule has 1 fully saturated rings. The Bertz CT molecular complexity index is 1410. The van der Waals surface area contributed by atoms with E-state index in [-0.39, 0.29) is 35.2 Å². The van der Waals surface area contributed by atoms with Crippen LogP contribution in [0.2, 0.25) is 0 Å². The maximum atomic E-state index is 13.9. The molecule has 8 nitrogen and oxygen atoms in total. The van der Waals surface area contributed by atoms with Gasteiger partial charge in [-0.1, -0.05) is 26.8 Å². The molecule has 0 bridgehead atoms. The number of hydrogen-bond donors (Lipinski definition) is 0. The zero-order valence-corrected chi connectivity index (χ0v) is 24.4. The third-order valence-electron chi connectivity index (χ3n) is 7.33. The summed E-state index contributed by atoms with van der Waals surface area (Å²) in [4.78, 5) is 30.6. The van der Waals surface area contributed by atoms with Crippen LogP contribution in [0.25, 0.3) is 5.69 Å². The molecule has 5 rings (SSSR count). The first-order valence-corrected chi connectivity index (χ1v) is 14.5. The Hall–Kier alpha value is -3.53. The number of rotatable bonds is 6. The molecule has 10 heteroatoms. The third-order valence-corrected chi connectivity index (χ3v) is 8.59. The van der Waals surface area contributed by atoms with Crippen LogP contribution in [0.5, 0.6) is 11.5 Å². The number of benzene rings is 2. The molecule has 3 aromatic rings. The lowest BCUT2D eigenvalue weighted by Gasteiger charge is -2.26. The molecule has 2 aliphatic rings. The Morgan fingerprint density at radius 1 is 1.05 bits per heavy atom. The number of fused-ring (bicyclic) bond motifs is 1. The highest BCUT2D eigenvalue weighted by Gasteiger charge is 2.40. The van der Waals surface area contributed by atoms with Crippen molar-refractivity contribution in [1.82, 2.24) is 14.7 Å². The van der Waals surface area contributed by atoms with Crippen LogP contribution in [0.4, 0.5) is 10.2 Å². The highest BCUT2D eigenvalue weighted by atomic mass is 32.2. The first kappa shape index (κ1) is 28.0. The van der Waals surface area contributed by atoms with E-state index in [1.165, 1.54) is 23.9 Å². The van der Waals surface area contributed by atoms with E-state index in [1.54, 1.807) is 35.9 Å². The lowest BCUT2D eigenvalue weighted by molar-refractivity contribution is -0.130. The van der Waals surface area contributed by atoms with Gasteiger partial charge in [-0.25, -0.2) is 9.07 Å². The second-order valence-electron chi connectivity index (χ2n) is 11.1. The number of carbonyl (C=O) groups excluding carboxylic acids is 2. The monoisotopic (exact) mass is 566 g/mol. The van der Waals surface area contributed by atoms with Crippen LogP contribution in [0.15, 0.2) is 42.5 Å². The topological polar surface area (TPSA) is 76.9 Å². The SMILES string of the molecule is COc1ccc(C2SCC(=O)N(CC(=O)N3CCCC3)c3c2c(C(C)(C)C)nn3-c2ccc(F)cc2)cc1OC. The van der Waals surface area contributed by atoms with E-state index in [2.05, 4.69) is 20.8 Å². The molecule has 2 aromatic carbocycles. The molecule has 2 amide bonds. The van der Waals surface area contributed by atoms with Gasteiger partial charge in [0, 0.05) is 24.1 Å². The number of halogens is 1. The summed E-state index contributed by atoms with van der Waals surface area (Å²) in [6.45, 7) is 7.54. The van der Waals surface area contributed by atoms with Crippen molar-refractivity contribution in [3.63, 3.8) is 0 Å². The van der Waals surface area contributed by atoms with Crippen LogP contribution in [0.3, 0.4) is 0 Å². The van der Waals surface area contributed by atoms with Crippen LogP contribution >= 0.6 is 11.8 Å². The molecule has 0 aliphatic carbocycles. The number of carbonyl (C=O) groups is 2. The predicted octanol–water partition coefficient (Wildman–Crippen LogP) is 5.12. The molecule has 1 aromatic heterocycles. The van der Waals surface area contributed by atoms with Gasteiger partial charge in [0.25, 0.3) is 0 Å². The summed E-state index contributed by atoms with van der Waals surface area (Å²) in [5, 5.41) is 4.77. The Morgan fingerprint density at radius 3 is 2.35 bits per heavy atom. The molecule has 0 N–H and O–H groups in total. The average Bonchev–Trinajstić information content (AvgIpc) is 3.58. The number of thioether (sulfide) groups is 1. The first-order chi connectivity index (χ1) is 19.1. The number of hydrogen-bond acceptors (Lipinski definition) is 6. The average molecular weight is 567 g/mol. The zero-order chi connectivity index (χ0) is 28.6. The van der Waals surface area contributed by atoms with Crippen LogP contribution in [-0.2, 0) is 15.0 Å². The number of likely N-dealkylation sites (tertiary alicyclic amines) is 1. The minimum absolute atomic E-state index is 0.0818. The summed E-state index contributed by atoms with van der Waals surface area (Å²) in [7, 11) is 3.18. The fourth-order valence-electron chi connectivity index (χ4n) is 5.32. The van der Waals surface area contributed by atoms with Crippen molar-refractivity contribution >= 4 is 29.4 Å². The third kappa shape index (κ3) is 5.29. The molecule has 1 atom stereocenters. The number of amides is 2. The first-order valence-electron chi connectivity index (χ1n) is 13.4. The second kappa shape index (κ2) is 11.2. The number of ether oxygens (including phenoxy) is 2. The van der Waals surface area contributed by atoms with Crippen LogP contribution < -0.4 is 14.4 Å². The lowest BCUT2D eigenvalue weighted by atomic mass is 9.87. The largest absolute Gasteiger partial charge is 0.493 e. The molecule has 1 unspecified atom stereocenters. The van der Waals surface area contributed by atoms with Crippen molar-refractivity contribution in [2.45, 2.75) is 44.3 Å². The van der Waals surface area contributed by atoms with E-state index in [0.29, 0.717) is 36.1 Å². The molecule has 2 aliphatic heterocycles. The van der Waals surface area contributed by atoms with E-state index in [0.717, 1.165) is 29.7 Å². The Labute approximate surface area is 238 Å². The lowest BCUT2D eigenvalue weighted by Crippen LogP contribution is -2.43. The minimum atomic E-state index is -0.400. The summed E-state index contributed by atoms with van der Waals surface area (Å²) >= 11 is 1.50. The predicted molar refractivity (Wildman–Crippen MR) is 154 cm³/mol. The highest BCUT2D eigenvalue weighted by molar-refractivity contribution is 8.00. The molecule has 212 valence electrons. The summed E-state index contributed by atoms with van der Waals surface area (Å²) in [5.74, 6) is 1.28. The minimum Gasteiger partial charge on any atom is -0.493 e. The van der Waals surface area contributed by atoms with E-state index in [4.69, 9.17) is 14.6 Å². The molecule has 0 saturated carbocycles. The Kier molecular flexibility index (Phi) is 7.81. The number of nitrogens with zero attached hydrogens (tertiary/aromatic N) is 4. The van der Waals surface area contributed by atoms with Crippen LogP contribution in [-0.4, -0.2) is 66.1 Å². The summed E-state index contributed by atoms with van der Waals surface area (Å²) in [6.07, 6.45) is 1.92. The fraction of sp³-hybridized carbons (Fsp3) is 0.433. The van der Waals surface area contributed by atoms with Crippen molar-refractivity contribution < 1.29 is 23.5 Å². The molecule has 0 spiro atoms. The Morgan fingerprint density at radius 2 is 1.73 bits per heavy atom. The molecular formula is C30H35FN4O4S. The second-order valence-corrected chi connectivity index (χ2v) is 12.2. The fourth-order valence-corrected chi connectivity index (χ4v) is 6.50. The van der Waals surface area contributed by atoms with Crippen molar-refractivity contribution in [1.29, 1.82) is 0 Å². The number of methoxy groups -OCH3 is 2. The van der Waals surface area contributed by atoms with Gasteiger partial charge in [-0.15, -0.1) is 11.8 Å². The maximum Gasteiger partial charge on any atom is 0.242 e. The molecule has 1 saturated heterocycles. The van der Waals surface area contributed by atoms with Crippen molar-refractivity contribution in [2.24, 2.45) is 0 Å². The number of aromatic nitrogens is 2. The van der Waals surface area contributed by atoms with Gasteiger partial charge < -0.3 is 14.4 Å². The normalized spacial score (nSPS) is 17.6. The summed E-state index contributed by atoms with van der Waals surface area (Å²) < 4.78 is 26.7. The quantitative estimate of drug-likeness (QED) is 0.413. The van der Waals surface area contributed by atoms with Gasteiger partial charge in [-0.3, -0.25) is 14.5 Å². The van der Waals surface area contributed by atoms with Gasteiger partial charge in [0.15, 0.2) is 11.5 Å². The molecule has 3 heterocycles. The molecule has 40 heavy (non-hydrogen) atoms. The van der Waals surface area contributed by atoms with Crippen molar-refractivity contribution in [3.8, 4) is 17.2 Å². The zero-order valence-electron chi connectivity index (χ0n) is 23.6. The van der Waals surface area contributed by atoms with Crippen LogP contribution in [0.1, 0.15) is 55.7 Å². The van der Waals surface area contributed by atoms with Gasteiger partial charge in [-0.2, -0.15) is 5.10 Å². The van der Waals surface area contributed by atoms with Gasteiger partial charge in [0.1, 0.15) is 18.2 Å². The van der Waals surface area contributed by atoms with E-state index in [1.807, 2.05) is 23.1 Å². The van der Waals surface area contributed by atoms with Crippen LogP contribution in [0, 0.1) is 5.82 Å².